The van der Waals surface area contributed by atoms with Gasteiger partial charge in [0.1, 0.15) is 17.4 Å². The van der Waals surface area contributed by atoms with Crippen molar-refractivity contribution in [1.29, 1.82) is 0 Å². The van der Waals surface area contributed by atoms with Crippen LogP contribution < -0.4 is 16.7 Å². The van der Waals surface area contributed by atoms with Crippen molar-refractivity contribution in [2.45, 2.75) is 72.9 Å². The lowest BCUT2D eigenvalue weighted by molar-refractivity contribution is -0.122. The molecule has 1 aromatic carbocycles. The van der Waals surface area contributed by atoms with Crippen molar-refractivity contribution in [2.24, 2.45) is 17.1 Å². The van der Waals surface area contributed by atoms with E-state index in [0.29, 0.717) is 6.54 Å². The van der Waals surface area contributed by atoms with E-state index in [-0.39, 0.29) is 17.0 Å². The SMILES string of the molecule is CCCCCC(C)Cn1c(=O)n(C(=O)NC(C(N)=O)C(C)(C)C)c2cccc(F)c21. The Morgan fingerprint density at radius 1 is 1.23 bits per heavy atom. The molecule has 7 nitrogen and oxygen atoms in total. The van der Waals surface area contributed by atoms with Crippen LogP contribution in [-0.2, 0) is 11.3 Å². The average molecular weight is 421 g/mol. The molecule has 8 heteroatoms. The maximum absolute atomic E-state index is 14.7. The van der Waals surface area contributed by atoms with Crippen LogP contribution in [0.25, 0.3) is 11.0 Å². The maximum Gasteiger partial charge on any atom is 0.337 e. The molecule has 2 unspecified atom stereocenters. The van der Waals surface area contributed by atoms with E-state index in [1.54, 1.807) is 20.8 Å². The summed E-state index contributed by atoms with van der Waals surface area (Å²) in [7, 11) is 0. The molecule has 3 N–H and O–H groups in total. The van der Waals surface area contributed by atoms with E-state index in [4.69, 9.17) is 5.73 Å². The van der Waals surface area contributed by atoms with Gasteiger partial charge in [-0.25, -0.2) is 18.5 Å². The fourth-order valence-electron chi connectivity index (χ4n) is 3.68. The second kappa shape index (κ2) is 9.45. The summed E-state index contributed by atoms with van der Waals surface area (Å²) in [6.07, 6.45) is 4.12. The minimum Gasteiger partial charge on any atom is -0.368 e. The van der Waals surface area contributed by atoms with Crippen LogP contribution in [0.3, 0.4) is 0 Å². The van der Waals surface area contributed by atoms with Gasteiger partial charge in [-0.2, -0.15) is 0 Å². The van der Waals surface area contributed by atoms with Crippen LogP contribution in [0.15, 0.2) is 23.0 Å². The Balaban J connectivity index is 2.47. The second-order valence-corrected chi connectivity index (χ2v) is 9.09. The number of carbonyl (C=O) groups excluding carboxylic acids is 2. The summed E-state index contributed by atoms with van der Waals surface area (Å²) in [4.78, 5) is 37.9. The van der Waals surface area contributed by atoms with Gasteiger partial charge in [-0.05, 0) is 29.9 Å². The van der Waals surface area contributed by atoms with E-state index in [1.807, 2.05) is 6.92 Å². The number of nitrogens with two attached hydrogens (primary N) is 1. The molecule has 1 aromatic heterocycles. The second-order valence-electron chi connectivity index (χ2n) is 9.09. The van der Waals surface area contributed by atoms with Crippen molar-refractivity contribution < 1.29 is 14.0 Å². The molecule has 0 aliphatic rings. The van der Waals surface area contributed by atoms with E-state index < -0.39 is 34.9 Å². The van der Waals surface area contributed by atoms with Gasteiger partial charge >= 0.3 is 11.7 Å². The minimum absolute atomic E-state index is 0.0892. The standard InChI is InChI=1S/C22H33FN4O3/c1-6-7-8-10-14(2)13-26-17-15(23)11-9-12-16(17)27(21(26)30)20(29)25-18(19(24)28)22(3,4)5/h9,11-12,14,18H,6-8,10,13H2,1-5H3,(H2,24,28)(H,25,29). The molecule has 2 amide bonds. The number of rotatable bonds is 8. The zero-order valence-corrected chi connectivity index (χ0v) is 18.5. The van der Waals surface area contributed by atoms with Crippen LogP contribution in [0.2, 0.25) is 0 Å². The Morgan fingerprint density at radius 3 is 2.47 bits per heavy atom. The molecule has 0 spiro atoms. The Kier molecular flexibility index (Phi) is 7.44. The number of benzene rings is 1. The third-order valence-electron chi connectivity index (χ3n) is 5.31. The summed E-state index contributed by atoms with van der Waals surface area (Å²) < 4.78 is 16.9. The van der Waals surface area contributed by atoms with Gasteiger partial charge in [0.25, 0.3) is 0 Å². The maximum atomic E-state index is 14.7. The highest BCUT2D eigenvalue weighted by molar-refractivity contribution is 5.93. The normalized spacial score (nSPS) is 13.9. The summed E-state index contributed by atoms with van der Waals surface area (Å²) >= 11 is 0. The van der Waals surface area contributed by atoms with Gasteiger partial charge in [-0.3, -0.25) is 9.36 Å². The summed E-state index contributed by atoms with van der Waals surface area (Å²) in [6.45, 7) is 9.70. The predicted octanol–water partition coefficient (Wildman–Crippen LogP) is 3.62. The highest BCUT2D eigenvalue weighted by Crippen LogP contribution is 2.22. The molecule has 2 aromatic rings. The van der Waals surface area contributed by atoms with Crippen molar-refractivity contribution in [1.82, 2.24) is 14.5 Å². The average Bonchev–Trinajstić information content (AvgIpc) is 2.91. The lowest BCUT2D eigenvalue weighted by atomic mass is 9.86. The number of unbranched alkanes of at least 4 members (excludes halogenated alkanes) is 2. The van der Waals surface area contributed by atoms with Gasteiger partial charge in [-0.1, -0.05) is 59.9 Å². The van der Waals surface area contributed by atoms with Crippen LogP contribution in [0.5, 0.6) is 0 Å². The molecule has 166 valence electrons. The van der Waals surface area contributed by atoms with Gasteiger partial charge in [-0.15, -0.1) is 0 Å². The third-order valence-corrected chi connectivity index (χ3v) is 5.31. The van der Waals surface area contributed by atoms with E-state index in [2.05, 4.69) is 12.2 Å². The van der Waals surface area contributed by atoms with Crippen LogP contribution in [0, 0.1) is 17.2 Å². The predicted molar refractivity (Wildman–Crippen MR) is 116 cm³/mol. The lowest BCUT2D eigenvalue weighted by Gasteiger charge is -2.28. The molecule has 0 saturated carbocycles. The van der Waals surface area contributed by atoms with Crippen LogP contribution in [0.1, 0.15) is 60.3 Å². The first-order valence-electron chi connectivity index (χ1n) is 10.5. The third kappa shape index (κ3) is 5.09. The van der Waals surface area contributed by atoms with E-state index in [0.717, 1.165) is 30.3 Å². The first-order valence-corrected chi connectivity index (χ1v) is 10.5. The minimum atomic E-state index is -0.989. The highest BCUT2D eigenvalue weighted by atomic mass is 19.1. The molecular weight excluding hydrogens is 387 g/mol. The van der Waals surface area contributed by atoms with Crippen LogP contribution in [-0.4, -0.2) is 27.1 Å². The molecule has 0 bridgehead atoms. The Hall–Kier alpha value is -2.64. The number of primary amides is 1. The van der Waals surface area contributed by atoms with Gasteiger partial charge in [0.15, 0.2) is 0 Å². The van der Waals surface area contributed by atoms with Crippen molar-refractivity contribution >= 4 is 23.0 Å². The molecular formula is C22H33FN4O3. The van der Waals surface area contributed by atoms with Crippen molar-refractivity contribution in [2.75, 3.05) is 0 Å². The van der Waals surface area contributed by atoms with Crippen LogP contribution >= 0.6 is 0 Å². The van der Waals surface area contributed by atoms with E-state index in [1.165, 1.54) is 22.8 Å². The fourth-order valence-corrected chi connectivity index (χ4v) is 3.68. The topological polar surface area (TPSA) is 99.1 Å². The Morgan fingerprint density at radius 2 is 1.90 bits per heavy atom. The smallest absolute Gasteiger partial charge is 0.337 e. The van der Waals surface area contributed by atoms with Gasteiger partial charge in [0.05, 0.1) is 5.52 Å². The zero-order chi connectivity index (χ0) is 22.6. The fraction of sp³-hybridized carbons (Fsp3) is 0.591. The number of amides is 2. The largest absolute Gasteiger partial charge is 0.368 e. The molecule has 0 radical (unpaired) electrons. The van der Waals surface area contributed by atoms with E-state index in [9.17, 15) is 18.8 Å². The number of fused-ring (bicyclic) bond motifs is 1. The summed E-state index contributed by atoms with van der Waals surface area (Å²) in [5, 5.41) is 2.55. The van der Waals surface area contributed by atoms with Gasteiger partial charge < -0.3 is 11.1 Å². The molecule has 0 fully saturated rings. The lowest BCUT2D eigenvalue weighted by Crippen LogP contribution is -2.54. The Bertz CT molecular complexity index is 971. The highest BCUT2D eigenvalue weighted by Gasteiger charge is 2.33. The quantitative estimate of drug-likeness (QED) is 0.638. The molecule has 2 atom stereocenters. The Labute approximate surface area is 176 Å². The number of nitrogens with zero attached hydrogens (tertiary/aromatic N) is 2. The first kappa shape index (κ1) is 23.6. The number of nitrogens with one attached hydrogen (secondary N) is 1. The number of aromatic nitrogens is 2. The van der Waals surface area contributed by atoms with Gasteiger partial charge in [0, 0.05) is 6.54 Å². The number of para-hydroxylation sites is 1. The van der Waals surface area contributed by atoms with Crippen LogP contribution in [0.4, 0.5) is 9.18 Å². The first-order chi connectivity index (χ1) is 14.0. The monoisotopic (exact) mass is 420 g/mol. The molecule has 0 saturated heterocycles. The molecule has 0 aliphatic carbocycles. The number of imidazole rings is 1. The summed E-state index contributed by atoms with van der Waals surface area (Å²) in [6, 6.07) is 2.45. The number of carbonyl (C=O) groups is 2. The van der Waals surface area contributed by atoms with Crippen molar-refractivity contribution in [3.05, 3.63) is 34.5 Å². The molecule has 0 aliphatic heterocycles. The number of halogens is 1. The number of hydrogen-bond donors (Lipinski definition) is 2. The van der Waals surface area contributed by atoms with Gasteiger partial charge in [0.2, 0.25) is 5.91 Å². The summed E-state index contributed by atoms with van der Waals surface area (Å²) in [5.41, 5.74) is 4.42. The van der Waals surface area contributed by atoms with Crippen molar-refractivity contribution in [3.8, 4) is 0 Å². The number of hydrogen-bond acceptors (Lipinski definition) is 3. The summed E-state index contributed by atoms with van der Waals surface area (Å²) in [5.74, 6) is -1.13. The molecule has 30 heavy (non-hydrogen) atoms. The zero-order valence-electron chi connectivity index (χ0n) is 18.5. The molecule has 2 rings (SSSR count). The van der Waals surface area contributed by atoms with Crippen molar-refractivity contribution in [3.63, 3.8) is 0 Å². The molecule has 1 heterocycles. The van der Waals surface area contributed by atoms with E-state index >= 15 is 0 Å².